The number of rotatable bonds is 0. The predicted octanol–water partition coefficient (Wildman–Crippen LogP) is 0.0699. The number of hydrogen-bond acceptors (Lipinski definition) is 3. The Morgan fingerprint density at radius 3 is 2.60 bits per heavy atom. The fourth-order valence-corrected chi connectivity index (χ4v) is 1.99. The Balaban J connectivity index is 2.54. The minimum absolute atomic E-state index is 0.0841. The highest BCUT2D eigenvalue weighted by molar-refractivity contribution is 8.04. The van der Waals surface area contributed by atoms with Crippen LogP contribution in [0.25, 0.3) is 0 Å². The van der Waals surface area contributed by atoms with Crippen LogP contribution in [0.2, 0.25) is 0 Å². The van der Waals surface area contributed by atoms with E-state index in [1.165, 1.54) is 0 Å². The van der Waals surface area contributed by atoms with Crippen molar-refractivity contribution in [1.82, 2.24) is 0 Å². The third-order valence-electron chi connectivity index (χ3n) is 2.14. The van der Waals surface area contributed by atoms with Crippen LogP contribution in [0.5, 0.6) is 0 Å². The van der Waals surface area contributed by atoms with Crippen molar-refractivity contribution < 1.29 is 13.2 Å². The maximum Gasteiger partial charge on any atom is 0.278 e. The number of amides is 1. The number of aliphatic imine (C=N–C) groups is 1. The van der Waals surface area contributed by atoms with Crippen molar-refractivity contribution in [2.45, 2.75) is 6.42 Å². The number of carbonyl (C=O) groups is 1. The van der Waals surface area contributed by atoms with Gasteiger partial charge in [0, 0.05) is 12.0 Å². The average Bonchev–Trinajstić information content (AvgIpc) is 2.16. The lowest BCUT2D eigenvalue weighted by molar-refractivity contribution is 0.100. The quantitative estimate of drug-likeness (QED) is 0.676. The van der Waals surface area contributed by atoms with Crippen LogP contribution in [0.1, 0.15) is 15.9 Å². The minimum atomic E-state index is -3.87. The average molecular weight is 224 g/mol. The Hall–Kier alpha value is -1.53. The summed E-state index contributed by atoms with van der Waals surface area (Å²) in [5.41, 5.74) is 1.08. The van der Waals surface area contributed by atoms with Gasteiger partial charge in [0.15, 0.2) is 5.04 Å². The summed E-state index contributed by atoms with van der Waals surface area (Å²) in [5, 5.41) is 4.65. The molecule has 1 aliphatic heterocycles. The number of fused-ring (bicyclic) bond motifs is 1. The van der Waals surface area contributed by atoms with Gasteiger partial charge in [0.25, 0.3) is 15.9 Å². The predicted molar refractivity (Wildman–Crippen MR) is 55.0 cm³/mol. The summed E-state index contributed by atoms with van der Waals surface area (Å²) in [5.74, 6) is -0.555. The third-order valence-corrected chi connectivity index (χ3v) is 3.04. The lowest BCUT2D eigenvalue weighted by Crippen LogP contribution is -2.29. The molecule has 6 heteroatoms. The van der Waals surface area contributed by atoms with E-state index in [1.807, 2.05) is 0 Å². The molecule has 2 N–H and O–H groups in total. The van der Waals surface area contributed by atoms with Gasteiger partial charge in [0.2, 0.25) is 0 Å². The number of nitrogens with zero attached hydrogens (tertiary/aromatic N) is 1. The smallest absolute Gasteiger partial charge is 0.267 e. The number of benzene rings is 1. The standard InChI is InChI=1S/C9H8N2O3S/c10-15(13,14)8-5-6-3-1-2-4-7(6)9(12)11-8/h1-4H,5H2,(H2,10,13,14). The van der Waals surface area contributed by atoms with Crippen molar-refractivity contribution in [3.8, 4) is 0 Å². The molecule has 0 aliphatic carbocycles. The van der Waals surface area contributed by atoms with Crippen LogP contribution in [0.15, 0.2) is 29.3 Å². The maximum absolute atomic E-state index is 11.4. The minimum Gasteiger partial charge on any atom is -0.267 e. The van der Waals surface area contributed by atoms with Gasteiger partial charge >= 0.3 is 0 Å². The summed E-state index contributed by atoms with van der Waals surface area (Å²) in [6, 6.07) is 6.74. The number of primary sulfonamides is 1. The molecule has 0 saturated heterocycles. The summed E-state index contributed by atoms with van der Waals surface area (Å²) in [6.07, 6.45) is 0.0841. The lowest BCUT2D eigenvalue weighted by atomic mass is 10.0. The monoisotopic (exact) mass is 224 g/mol. The molecule has 1 heterocycles. The van der Waals surface area contributed by atoms with Crippen LogP contribution in [0, 0.1) is 0 Å². The van der Waals surface area contributed by atoms with E-state index in [0.29, 0.717) is 11.1 Å². The Bertz CT molecular complexity index is 560. The van der Waals surface area contributed by atoms with Gasteiger partial charge in [0.05, 0.1) is 0 Å². The second-order valence-electron chi connectivity index (χ2n) is 3.19. The van der Waals surface area contributed by atoms with Crippen molar-refractivity contribution in [1.29, 1.82) is 0 Å². The molecular weight excluding hydrogens is 216 g/mol. The van der Waals surface area contributed by atoms with Gasteiger partial charge in [-0.3, -0.25) is 4.79 Å². The maximum atomic E-state index is 11.4. The SMILES string of the molecule is NS(=O)(=O)C1=NC(=O)c2ccccc2C1. The molecular formula is C9H8N2O3S. The summed E-state index contributed by atoms with van der Waals surface area (Å²) in [7, 11) is -3.87. The Kier molecular flexibility index (Phi) is 2.17. The fourth-order valence-electron chi connectivity index (χ4n) is 1.42. The van der Waals surface area contributed by atoms with Crippen LogP contribution >= 0.6 is 0 Å². The molecule has 15 heavy (non-hydrogen) atoms. The third kappa shape index (κ3) is 1.81. The fraction of sp³-hybridized carbons (Fsp3) is 0.111. The molecule has 0 aromatic heterocycles. The van der Waals surface area contributed by atoms with Gasteiger partial charge in [-0.05, 0) is 11.6 Å². The number of hydrogen-bond donors (Lipinski definition) is 1. The molecule has 2 rings (SSSR count). The summed E-state index contributed by atoms with van der Waals surface area (Å²) in [4.78, 5) is 14.9. The Morgan fingerprint density at radius 1 is 1.27 bits per heavy atom. The van der Waals surface area contributed by atoms with E-state index in [4.69, 9.17) is 5.14 Å². The molecule has 1 amide bonds. The summed E-state index contributed by atoms with van der Waals surface area (Å²) in [6.45, 7) is 0. The zero-order valence-corrected chi connectivity index (χ0v) is 8.49. The highest BCUT2D eigenvalue weighted by Gasteiger charge is 2.24. The summed E-state index contributed by atoms with van der Waals surface area (Å²) >= 11 is 0. The first-order valence-corrected chi connectivity index (χ1v) is 5.76. The van der Waals surface area contributed by atoms with Crippen LogP contribution in [0.4, 0.5) is 0 Å². The van der Waals surface area contributed by atoms with Crippen LogP contribution in [-0.2, 0) is 16.4 Å². The van der Waals surface area contributed by atoms with Gasteiger partial charge < -0.3 is 0 Å². The first-order chi connectivity index (χ1) is 6.98. The van der Waals surface area contributed by atoms with E-state index < -0.39 is 15.9 Å². The van der Waals surface area contributed by atoms with Crippen molar-refractivity contribution in [3.05, 3.63) is 35.4 Å². The topological polar surface area (TPSA) is 89.6 Å². The number of nitrogens with two attached hydrogens (primary N) is 1. The first-order valence-electron chi connectivity index (χ1n) is 4.21. The van der Waals surface area contributed by atoms with E-state index in [-0.39, 0.29) is 11.5 Å². The number of sulfonamides is 1. The van der Waals surface area contributed by atoms with Gasteiger partial charge in [-0.15, -0.1) is 0 Å². The van der Waals surface area contributed by atoms with Crippen molar-refractivity contribution in [2.24, 2.45) is 10.1 Å². The van der Waals surface area contributed by atoms with Crippen LogP contribution in [0.3, 0.4) is 0 Å². The molecule has 0 radical (unpaired) electrons. The normalized spacial score (nSPS) is 15.8. The molecule has 78 valence electrons. The zero-order chi connectivity index (χ0) is 11.1. The molecule has 0 spiro atoms. The summed E-state index contributed by atoms with van der Waals surface area (Å²) < 4.78 is 22.1. The Labute approximate surface area is 86.7 Å². The van der Waals surface area contributed by atoms with Crippen molar-refractivity contribution >= 4 is 21.0 Å². The zero-order valence-electron chi connectivity index (χ0n) is 7.67. The van der Waals surface area contributed by atoms with Crippen LogP contribution in [-0.4, -0.2) is 19.4 Å². The Morgan fingerprint density at radius 2 is 1.93 bits per heavy atom. The molecule has 1 aromatic carbocycles. The highest BCUT2D eigenvalue weighted by Crippen LogP contribution is 2.17. The van der Waals surface area contributed by atoms with Crippen molar-refractivity contribution in [2.75, 3.05) is 0 Å². The molecule has 0 atom stereocenters. The van der Waals surface area contributed by atoms with E-state index in [0.717, 1.165) is 0 Å². The molecule has 5 nitrogen and oxygen atoms in total. The lowest BCUT2D eigenvalue weighted by Gasteiger charge is -2.12. The van der Waals surface area contributed by atoms with Gasteiger partial charge in [-0.2, -0.15) is 4.99 Å². The van der Waals surface area contributed by atoms with E-state index in [2.05, 4.69) is 4.99 Å². The molecule has 1 aromatic rings. The molecule has 0 bridgehead atoms. The molecule has 0 unspecified atom stereocenters. The molecule has 0 saturated carbocycles. The molecule has 1 aliphatic rings. The van der Waals surface area contributed by atoms with Gasteiger partial charge in [-0.1, -0.05) is 18.2 Å². The van der Waals surface area contributed by atoms with E-state index in [1.54, 1.807) is 24.3 Å². The van der Waals surface area contributed by atoms with Gasteiger partial charge in [-0.25, -0.2) is 13.6 Å². The van der Waals surface area contributed by atoms with Crippen LogP contribution < -0.4 is 5.14 Å². The second kappa shape index (κ2) is 3.25. The number of carbonyl (C=O) groups excluding carboxylic acids is 1. The van der Waals surface area contributed by atoms with Crippen molar-refractivity contribution in [3.63, 3.8) is 0 Å². The van der Waals surface area contributed by atoms with Gasteiger partial charge in [0.1, 0.15) is 0 Å². The first kappa shape index (κ1) is 10.0. The second-order valence-corrected chi connectivity index (χ2v) is 4.75. The largest absolute Gasteiger partial charge is 0.278 e. The van der Waals surface area contributed by atoms with E-state index >= 15 is 0 Å². The van der Waals surface area contributed by atoms with E-state index in [9.17, 15) is 13.2 Å². The molecule has 0 fully saturated rings. The highest BCUT2D eigenvalue weighted by atomic mass is 32.2.